The molecule has 102 valence electrons. The Hall–Kier alpha value is -1.33. The number of thiazole rings is 1. The number of benzene rings is 1. The normalized spacial score (nSPS) is 12.6. The van der Waals surface area contributed by atoms with Crippen molar-refractivity contribution in [1.82, 2.24) is 10.3 Å². The van der Waals surface area contributed by atoms with Crippen LogP contribution in [0.25, 0.3) is 0 Å². The Bertz CT molecular complexity index is 514. The maximum absolute atomic E-state index is 13.7. The Morgan fingerprint density at radius 1 is 1.32 bits per heavy atom. The molecule has 1 unspecified atom stereocenters. The van der Waals surface area contributed by atoms with Crippen molar-refractivity contribution in [3.05, 3.63) is 52.0 Å². The monoisotopic (exact) mass is 282 g/mol. The summed E-state index contributed by atoms with van der Waals surface area (Å²) in [6.07, 6.45) is 3.06. The van der Waals surface area contributed by atoms with Gasteiger partial charge in [0, 0.05) is 17.1 Å². The summed E-state index contributed by atoms with van der Waals surface area (Å²) in [5.74, 6) is -1.53. The molecule has 1 N–H and O–H groups in total. The highest BCUT2D eigenvalue weighted by Crippen LogP contribution is 2.16. The molecule has 0 fully saturated rings. The average Bonchev–Trinajstić information content (AvgIpc) is 2.88. The summed E-state index contributed by atoms with van der Waals surface area (Å²) in [7, 11) is 0. The number of hydrogen-bond acceptors (Lipinski definition) is 3. The number of halogens is 2. The zero-order valence-corrected chi connectivity index (χ0v) is 11.5. The highest BCUT2D eigenvalue weighted by Gasteiger charge is 2.15. The molecule has 0 bridgehead atoms. The quantitative estimate of drug-likeness (QED) is 0.880. The van der Waals surface area contributed by atoms with Crippen molar-refractivity contribution in [2.75, 3.05) is 6.54 Å². The lowest BCUT2D eigenvalue weighted by atomic mass is 10.0. The van der Waals surface area contributed by atoms with Gasteiger partial charge in [-0.1, -0.05) is 19.1 Å². The third-order valence-electron chi connectivity index (χ3n) is 2.92. The molecule has 0 aliphatic heterocycles. The van der Waals surface area contributed by atoms with Gasteiger partial charge in [0.25, 0.3) is 0 Å². The largest absolute Gasteiger partial charge is 0.314 e. The smallest absolute Gasteiger partial charge is 0.162 e. The van der Waals surface area contributed by atoms with Gasteiger partial charge in [-0.25, -0.2) is 8.78 Å². The molecule has 0 amide bonds. The van der Waals surface area contributed by atoms with Gasteiger partial charge >= 0.3 is 0 Å². The summed E-state index contributed by atoms with van der Waals surface area (Å²) in [4.78, 5) is 5.17. The molecular weight excluding hydrogens is 266 g/mol. The van der Waals surface area contributed by atoms with E-state index in [4.69, 9.17) is 0 Å². The SMILES string of the molecule is CCNC(Cc1cncs1)Cc1cccc(F)c1F. The molecular formula is C14H16F2N2S. The minimum atomic E-state index is -0.787. The van der Waals surface area contributed by atoms with Gasteiger partial charge in [-0.15, -0.1) is 11.3 Å². The van der Waals surface area contributed by atoms with E-state index in [1.807, 2.05) is 13.1 Å². The van der Waals surface area contributed by atoms with Crippen LogP contribution in [0.4, 0.5) is 8.78 Å². The topological polar surface area (TPSA) is 24.9 Å². The molecule has 1 heterocycles. The maximum atomic E-state index is 13.7. The summed E-state index contributed by atoms with van der Waals surface area (Å²) in [6, 6.07) is 4.41. The molecule has 0 radical (unpaired) electrons. The Labute approximate surface area is 115 Å². The van der Waals surface area contributed by atoms with E-state index in [1.165, 1.54) is 0 Å². The van der Waals surface area contributed by atoms with Gasteiger partial charge in [-0.05, 0) is 31.0 Å². The van der Waals surface area contributed by atoms with Crippen LogP contribution < -0.4 is 5.32 Å². The van der Waals surface area contributed by atoms with E-state index in [2.05, 4.69) is 10.3 Å². The molecule has 1 aromatic heterocycles. The minimum Gasteiger partial charge on any atom is -0.314 e. The van der Waals surface area contributed by atoms with E-state index < -0.39 is 11.6 Å². The average molecular weight is 282 g/mol. The third-order valence-corrected chi connectivity index (χ3v) is 3.72. The van der Waals surface area contributed by atoms with E-state index in [0.717, 1.165) is 23.9 Å². The number of nitrogens with zero attached hydrogens (tertiary/aromatic N) is 1. The summed E-state index contributed by atoms with van der Waals surface area (Å²) < 4.78 is 26.9. The highest BCUT2D eigenvalue weighted by molar-refractivity contribution is 7.09. The van der Waals surface area contributed by atoms with Crippen LogP contribution >= 0.6 is 11.3 Å². The molecule has 5 heteroatoms. The van der Waals surface area contributed by atoms with Gasteiger partial charge in [0.05, 0.1) is 5.51 Å². The van der Waals surface area contributed by atoms with E-state index in [1.54, 1.807) is 29.0 Å². The first-order valence-electron chi connectivity index (χ1n) is 6.24. The van der Waals surface area contributed by atoms with Crippen molar-refractivity contribution in [2.45, 2.75) is 25.8 Å². The second-order valence-electron chi connectivity index (χ2n) is 4.34. The molecule has 1 atom stereocenters. The van der Waals surface area contributed by atoms with Gasteiger partial charge in [0.1, 0.15) is 0 Å². The summed E-state index contributed by atoms with van der Waals surface area (Å²) in [6.45, 7) is 2.79. The van der Waals surface area contributed by atoms with E-state index >= 15 is 0 Å². The standard InChI is InChI=1S/C14H16F2N2S/c1-2-18-11(7-12-8-17-9-19-12)6-10-4-3-5-13(15)14(10)16/h3-5,8-9,11,18H,2,6-7H2,1H3. The Balaban J connectivity index is 2.09. The first kappa shape index (κ1) is 14.1. The van der Waals surface area contributed by atoms with Crippen molar-refractivity contribution in [3.8, 4) is 0 Å². The Kier molecular flexibility index (Phi) is 4.99. The van der Waals surface area contributed by atoms with Crippen molar-refractivity contribution in [1.29, 1.82) is 0 Å². The van der Waals surface area contributed by atoms with Crippen LogP contribution in [0.1, 0.15) is 17.4 Å². The first-order valence-corrected chi connectivity index (χ1v) is 7.12. The van der Waals surface area contributed by atoms with Gasteiger partial charge in [0.2, 0.25) is 0 Å². The Morgan fingerprint density at radius 2 is 2.16 bits per heavy atom. The van der Waals surface area contributed by atoms with Gasteiger partial charge in [-0.2, -0.15) is 0 Å². The molecule has 0 aliphatic rings. The number of likely N-dealkylation sites (N-methyl/N-ethyl adjacent to an activating group) is 1. The zero-order valence-electron chi connectivity index (χ0n) is 10.7. The second kappa shape index (κ2) is 6.73. The van der Waals surface area contributed by atoms with E-state index in [-0.39, 0.29) is 6.04 Å². The Morgan fingerprint density at radius 3 is 2.84 bits per heavy atom. The van der Waals surface area contributed by atoms with Crippen molar-refractivity contribution < 1.29 is 8.78 Å². The van der Waals surface area contributed by atoms with Gasteiger partial charge in [0.15, 0.2) is 11.6 Å². The van der Waals surface area contributed by atoms with Crippen LogP contribution in [0, 0.1) is 11.6 Å². The summed E-state index contributed by atoms with van der Waals surface area (Å²) in [5.41, 5.74) is 2.19. The van der Waals surface area contributed by atoms with Crippen LogP contribution in [0.2, 0.25) is 0 Å². The van der Waals surface area contributed by atoms with Crippen molar-refractivity contribution in [2.24, 2.45) is 0 Å². The molecule has 2 nitrogen and oxygen atoms in total. The number of nitrogens with one attached hydrogen (secondary N) is 1. The van der Waals surface area contributed by atoms with Crippen LogP contribution in [-0.2, 0) is 12.8 Å². The number of hydrogen-bond donors (Lipinski definition) is 1. The summed E-state index contributed by atoms with van der Waals surface area (Å²) in [5, 5.41) is 3.31. The fourth-order valence-corrected chi connectivity index (χ4v) is 2.74. The van der Waals surface area contributed by atoms with Crippen molar-refractivity contribution >= 4 is 11.3 Å². The minimum absolute atomic E-state index is 0.0850. The predicted octanol–water partition coefficient (Wildman–Crippen LogP) is 3.18. The lowest BCUT2D eigenvalue weighted by Crippen LogP contribution is -2.33. The molecule has 0 saturated heterocycles. The zero-order chi connectivity index (χ0) is 13.7. The molecule has 2 rings (SSSR count). The summed E-state index contributed by atoms with van der Waals surface area (Å²) >= 11 is 1.58. The molecule has 0 aliphatic carbocycles. The molecule has 1 aromatic carbocycles. The molecule has 0 spiro atoms. The maximum Gasteiger partial charge on any atom is 0.162 e. The van der Waals surface area contributed by atoms with Crippen molar-refractivity contribution in [3.63, 3.8) is 0 Å². The fourth-order valence-electron chi connectivity index (χ4n) is 2.06. The molecule has 0 saturated carbocycles. The van der Waals surface area contributed by atoms with Crippen LogP contribution in [0.15, 0.2) is 29.9 Å². The first-order chi connectivity index (χ1) is 9.20. The third kappa shape index (κ3) is 3.81. The number of aromatic nitrogens is 1. The van der Waals surface area contributed by atoms with Crippen LogP contribution in [0.3, 0.4) is 0 Å². The van der Waals surface area contributed by atoms with Gasteiger partial charge < -0.3 is 5.32 Å². The number of rotatable bonds is 6. The van der Waals surface area contributed by atoms with Crippen LogP contribution in [-0.4, -0.2) is 17.6 Å². The van der Waals surface area contributed by atoms with Gasteiger partial charge in [-0.3, -0.25) is 4.98 Å². The predicted molar refractivity (Wildman–Crippen MR) is 73.3 cm³/mol. The highest BCUT2D eigenvalue weighted by atomic mass is 32.1. The fraction of sp³-hybridized carbons (Fsp3) is 0.357. The molecule has 19 heavy (non-hydrogen) atoms. The van der Waals surface area contributed by atoms with E-state index in [0.29, 0.717) is 12.0 Å². The lowest BCUT2D eigenvalue weighted by Gasteiger charge is -2.17. The molecule has 2 aromatic rings. The lowest BCUT2D eigenvalue weighted by molar-refractivity contribution is 0.475. The van der Waals surface area contributed by atoms with E-state index in [9.17, 15) is 8.78 Å². The second-order valence-corrected chi connectivity index (χ2v) is 5.31. The van der Waals surface area contributed by atoms with Crippen LogP contribution in [0.5, 0.6) is 0 Å².